The highest BCUT2D eigenvalue weighted by Gasteiger charge is 2.42. The molecule has 1 unspecified atom stereocenters. The van der Waals surface area contributed by atoms with Gasteiger partial charge in [-0.25, -0.2) is 4.98 Å². The lowest BCUT2D eigenvalue weighted by Crippen LogP contribution is -2.33. The first kappa shape index (κ1) is 16.0. The molecule has 0 N–H and O–H groups in total. The molecule has 0 amide bonds. The summed E-state index contributed by atoms with van der Waals surface area (Å²) >= 11 is 5.80. The van der Waals surface area contributed by atoms with E-state index >= 15 is 0 Å². The minimum Gasteiger partial charge on any atom is -0.351 e. The first-order valence-electron chi connectivity index (χ1n) is 7.01. The van der Waals surface area contributed by atoms with Gasteiger partial charge in [-0.3, -0.25) is 4.98 Å². The molecular formula is C13H14ClF3N6. The summed E-state index contributed by atoms with van der Waals surface area (Å²) in [6.07, 6.45) is -0.942. The molecular weight excluding hydrogens is 333 g/mol. The van der Waals surface area contributed by atoms with E-state index in [1.807, 2.05) is 0 Å². The number of alkyl halides is 3. The summed E-state index contributed by atoms with van der Waals surface area (Å²) in [5.74, 6) is 0.211. The van der Waals surface area contributed by atoms with E-state index in [0.717, 1.165) is 0 Å². The van der Waals surface area contributed by atoms with Crippen molar-refractivity contribution in [1.82, 2.24) is 24.7 Å². The van der Waals surface area contributed by atoms with Gasteiger partial charge in [0, 0.05) is 20.0 Å². The maximum atomic E-state index is 12.9. The first-order valence-corrected chi connectivity index (χ1v) is 7.38. The number of fused-ring (bicyclic) bond motifs is 1. The average Bonchev–Trinajstić information content (AvgIpc) is 2.89. The maximum absolute atomic E-state index is 12.9. The van der Waals surface area contributed by atoms with Gasteiger partial charge in [0.1, 0.15) is 16.8 Å². The average molecular weight is 347 g/mol. The fourth-order valence-electron chi connectivity index (χ4n) is 2.58. The van der Waals surface area contributed by atoms with Crippen molar-refractivity contribution in [2.45, 2.75) is 32.1 Å². The lowest BCUT2D eigenvalue weighted by atomic mass is 9.99. The number of anilines is 1. The molecule has 0 radical (unpaired) electrons. The number of aromatic nitrogens is 5. The standard InChI is InChI=1S/C13H14ClF3N6/c1-22(11-5-18-4-9(14)19-11)7-12-21-20-10-3-2-8(6-23(10)12)13(15,16)17/h4-5,8H,2-3,6-7H2,1H3. The third kappa shape index (κ3) is 3.39. The Kier molecular flexibility index (Phi) is 4.13. The molecule has 0 fully saturated rings. The molecule has 0 bridgehead atoms. The minimum atomic E-state index is -4.20. The van der Waals surface area contributed by atoms with Crippen LogP contribution in [0.1, 0.15) is 18.1 Å². The third-order valence-corrected chi connectivity index (χ3v) is 4.03. The molecule has 1 atom stereocenters. The normalized spacial score (nSPS) is 17.9. The van der Waals surface area contributed by atoms with E-state index in [-0.39, 0.29) is 31.1 Å². The number of nitrogens with zero attached hydrogens (tertiary/aromatic N) is 6. The number of hydrogen-bond acceptors (Lipinski definition) is 5. The van der Waals surface area contributed by atoms with E-state index in [0.29, 0.717) is 17.5 Å². The van der Waals surface area contributed by atoms with Crippen LogP contribution in [0.25, 0.3) is 0 Å². The van der Waals surface area contributed by atoms with Gasteiger partial charge in [-0.1, -0.05) is 11.6 Å². The van der Waals surface area contributed by atoms with Crippen molar-refractivity contribution in [3.05, 3.63) is 29.2 Å². The molecule has 6 nitrogen and oxygen atoms in total. The van der Waals surface area contributed by atoms with Gasteiger partial charge < -0.3 is 9.47 Å². The van der Waals surface area contributed by atoms with Gasteiger partial charge in [0.25, 0.3) is 0 Å². The van der Waals surface area contributed by atoms with Crippen molar-refractivity contribution in [2.75, 3.05) is 11.9 Å². The molecule has 1 aliphatic rings. The Morgan fingerprint density at radius 2 is 2.13 bits per heavy atom. The topological polar surface area (TPSA) is 59.7 Å². The van der Waals surface area contributed by atoms with Crippen LogP contribution < -0.4 is 4.90 Å². The summed E-state index contributed by atoms with van der Waals surface area (Å²) in [6, 6.07) is 0. The van der Waals surface area contributed by atoms with Crippen LogP contribution in [0.4, 0.5) is 19.0 Å². The van der Waals surface area contributed by atoms with E-state index < -0.39 is 12.1 Å². The predicted octanol–water partition coefficient (Wildman–Crippen LogP) is 2.48. The Labute approximate surface area is 135 Å². The monoisotopic (exact) mass is 346 g/mol. The van der Waals surface area contributed by atoms with Crippen LogP contribution in [0.2, 0.25) is 5.15 Å². The van der Waals surface area contributed by atoms with Crippen molar-refractivity contribution < 1.29 is 13.2 Å². The van der Waals surface area contributed by atoms with Crippen molar-refractivity contribution in [3.63, 3.8) is 0 Å². The third-order valence-electron chi connectivity index (χ3n) is 3.85. The largest absolute Gasteiger partial charge is 0.393 e. The van der Waals surface area contributed by atoms with Crippen LogP contribution in [-0.4, -0.2) is 38.0 Å². The Balaban J connectivity index is 1.79. The van der Waals surface area contributed by atoms with Gasteiger partial charge in [-0.15, -0.1) is 10.2 Å². The molecule has 0 saturated heterocycles. The summed E-state index contributed by atoms with van der Waals surface area (Å²) < 4.78 is 40.4. The molecule has 10 heteroatoms. The second-order valence-corrected chi connectivity index (χ2v) is 5.86. The van der Waals surface area contributed by atoms with Gasteiger partial charge in [0.15, 0.2) is 5.82 Å². The number of hydrogen-bond donors (Lipinski definition) is 0. The van der Waals surface area contributed by atoms with Crippen molar-refractivity contribution >= 4 is 17.4 Å². The summed E-state index contributed by atoms with van der Waals surface area (Å²) in [4.78, 5) is 9.77. The van der Waals surface area contributed by atoms with Crippen molar-refractivity contribution in [2.24, 2.45) is 5.92 Å². The van der Waals surface area contributed by atoms with Crippen LogP contribution in [0.15, 0.2) is 12.4 Å². The highest BCUT2D eigenvalue weighted by Crippen LogP contribution is 2.34. The Morgan fingerprint density at radius 1 is 1.35 bits per heavy atom. The van der Waals surface area contributed by atoms with Crippen LogP contribution in [0, 0.1) is 5.92 Å². The van der Waals surface area contributed by atoms with Gasteiger partial charge >= 0.3 is 6.18 Å². The summed E-state index contributed by atoms with van der Waals surface area (Å²) in [5, 5.41) is 8.26. The molecule has 0 spiro atoms. The number of halogens is 4. The SMILES string of the molecule is CN(Cc1nnc2n1CC(C(F)(F)F)CC2)c1cncc(Cl)n1. The summed E-state index contributed by atoms with van der Waals surface area (Å²) in [7, 11) is 1.74. The van der Waals surface area contributed by atoms with Crippen LogP contribution in [0.5, 0.6) is 0 Å². The van der Waals surface area contributed by atoms with E-state index in [4.69, 9.17) is 11.6 Å². The molecule has 0 saturated carbocycles. The fraction of sp³-hybridized carbons (Fsp3) is 0.538. The molecule has 0 aliphatic carbocycles. The Morgan fingerprint density at radius 3 is 2.83 bits per heavy atom. The first-order chi connectivity index (χ1) is 10.8. The molecule has 2 aromatic heterocycles. The fourth-order valence-corrected chi connectivity index (χ4v) is 2.72. The van der Waals surface area contributed by atoms with E-state index in [9.17, 15) is 13.2 Å². The van der Waals surface area contributed by atoms with E-state index in [2.05, 4.69) is 20.2 Å². The molecule has 3 rings (SSSR count). The van der Waals surface area contributed by atoms with E-state index in [1.54, 1.807) is 16.5 Å². The highest BCUT2D eigenvalue weighted by molar-refractivity contribution is 6.29. The molecule has 0 aromatic carbocycles. The van der Waals surface area contributed by atoms with Crippen molar-refractivity contribution in [1.29, 1.82) is 0 Å². The summed E-state index contributed by atoms with van der Waals surface area (Å²) in [5.41, 5.74) is 0. The molecule has 3 heterocycles. The summed E-state index contributed by atoms with van der Waals surface area (Å²) in [6.45, 7) is 0.128. The zero-order valence-electron chi connectivity index (χ0n) is 12.3. The lowest BCUT2D eigenvalue weighted by molar-refractivity contribution is -0.182. The van der Waals surface area contributed by atoms with Crippen molar-refractivity contribution in [3.8, 4) is 0 Å². The van der Waals surface area contributed by atoms with Gasteiger partial charge in [-0.05, 0) is 6.42 Å². The zero-order chi connectivity index (χ0) is 16.6. The smallest absolute Gasteiger partial charge is 0.351 e. The molecule has 124 valence electrons. The van der Waals surface area contributed by atoms with Gasteiger partial charge in [-0.2, -0.15) is 13.2 Å². The van der Waals surface area contributed by atoms with Crippen LogP contribution in [-0.2, 0) is 19.5 Å². The second kappa shape index (κ2) is 5.95. The maximum Gasteiger partial charge on any atom is 0.393 e. The Bertz CT molecular complexity index is 701. The molecule has 23 heavy (non-hydrogen) atoms. The molecule has 1 aliphatic heterocycles. The van der Waals surface area contributed by atoms with Gasteiger partial charge in [0.05, 0.1) is 24.9 Å². The van der Waals surface area contributed by atoms with Crippen LogP contribution >= 0.6 is 11.6 Å². The van der Waals surface area contributed by atoms with Gasteiger partial charge in [0.2, 0.25) is 0 Å². The number of rotatable bonds is 3. The zero-order valence-corrected chi connectivity index (χ0v) is 13.0. The highest BCUT2D eigenvalue weighted by atomic mass is 35.5. The quantitative estimate of drug-likeness (QED) is 0.854. The molecule has 2 aromatic rings. The van der Waals surface area contributed by atoms with Crippen LogP contribution in [0.3, 0.4) is 0 Å². The second-order valence-electron chi connectivity index (χ2n) is 5.48. The lowest BCUT2D eigenvalue weighted by Gasteiger charge is -2.27. The number of aryl methyl sites for hydroxylation is 1. The predicted molar refractivity (Wildman–Crippen MR) is 77.0 cm³/mol. The van der Waals surface area contributed by atoms with E-state index in [1.165, 1.54) is 12.4 Å². The Hall–Kier alpha value is -1.90. The minimum absolute atomic E-state index is 0.0528.